The zero-order valence-corrected chi connectivity index (χ0v) is 6.15. The van der Waals surface area contributed by atoms with E-state index < -0.39 is 10.3 Å². The molecule has 0 aliphatic carbocycles. The quantitative estimate of drug-likeness (QED) is 0.529. The standard InChI is InChI=1S/C3H4F3IO/c1-8-3(6,7)2(4)5/h2H,1H3. The molecule has 50 valence electrons. The van der Waals surface area contributed by atoms with E-state index in [4.69, 9.17) is 0 Å². The summed E-state index contributed by atoms with van der Waals surface area (Å²) in [6, 6.07) is 0. The van der Waals surface area contributed by atoms with Crippen molar-refractivity contribution in [2.75, 3.05) is 7.11 Å². The van der Waals surface area contributed by atoms with Crippen molar-refractivity contribution in [1.29, 1.82) is 0 Å². The van der Waals surface area contributed by atoms with Crippen LogP contribution in [0.5, 0.6) is 0 Å². The topological polar surface area (TPSA) is 9.23 Å². The van der Waals surface area contributed by atoms with Crippen molar-refractivity contribution in [2.45, 2.75) is 10.3 Å². The highest BCUT2D eigenvalue weighted by Gasteiger charge is 2.36. The highest BCUT2D eigenvalue weighted by atomic mass is 127. The van der Waals surface area contributed by atoms with E-state index in [0.717, 1.165) is 29.7 Å². The Kier molecular flexibility index (Phi) is 3.03. The lowest BCUT2D eigenvalue weighted by Gasteiger charge is -2.13. The molecule has 0 amide bonds. The van der Waals surface area contributed by atoms with Crippen LogP contribution in [0.25, 0.3) is 0 Å². The maximum absolute atomic E-state index is 12.0. The molecule has 0 saturated heterocycles. The van der Waals surface area contributed by atoms with Gasteiger partial charge >= 0.3 is 10.3 Å². The SMILES string of the molecule is COC(F)(I)C(F)F. The van der Waals surface area contributed by atoms with Crippen LogP contribution >= 0.6 is 22.6 Å². The van der Waals surface area contributed by atoms with Crippen LogP contribution in [0, 0.1) is 0 Å². The fourth-order valence-electron chi connectivity index (χ4n) is 0.0891. The van der Waals surface area contributed by atoms with Gasteiger partial charge in [-0.25, -0.2) is 8.78 Å². The summed E-state index contributed by atoms with van der Waals surface area (Å²) in [4.78, 5) is 0. The third kappa shape index (κ3) is 2.17. The number of ether oxygens (including phenoxy) is 1. The van der Waals surface area contributed by atoms with Crippen LogP contribution in [-0.2, 0) is 4.74 Å². The van der Waals surface area contributed by atoms with Crippen LogP contribution in [0.3, 0.4) is 0 Å². The van der Waals surface area contributed by atoms with Gasteiger partial charge in [0.25, 0.3) is 0 Å². The van der Waals surface area contributed by atoms with Crippen molar-refractivity contribution in [3.05, 3.63) is 0 Å². The summed E-state index contributed by atoms with van der Waals surface area (Å²) in [6.45, 7) is 0. The van der Waals surface area contributed by atoms with Crippen LogP contribution < -0.4 is 0 Å². The van der Waals surface area contributed by atoms with Gasteiger partial charge in [-0.05, 0) is 22.6 Å². The van der Waals surface area contributed by atoms with E-state index in [1.807, 2.05) is 0 Å². The second kappa shape index (κ2) is 2.86. The highest BCUT2D eigenvalue weighted by Crippen LogP contribution is 2.28. The number of hydrogen-bond acceptors (Lipinski definition) is 1. The Bertz CT molecular complexity index is 74.9. The van der Waals surface area contributed by atoms with Crippen LogP contribution in [0.4, 0.5) is 13.2 Å². The van der Waals surface area contributed by atoms with Gasteiger partial charge in [0.2, 0.25) is 0 Å². The van der Waals surface area contributed by atoms with Gasteiger partial charge in [-0.3, -0.25) is 0 Å². The van der Waals surface area contributed by atoms with E-state index in [1.54, 1.807) is 0 Å². The monoisotopic (exact) mass is 240 g/mol. The Labute approximate surface area is 58.3 Å². The predicted octanol–water partition coefficient (Wildman–Crippen LogP) is 1.96. The van der Waals surface area contributed by atoms with Crippen molar-refractivity contribution in [1.82, 2.24) is 0 Å². The molecule has 0 heterocycles. The number of rotatable bonds is 2. The fraction of sp³-hybridized carbons (Fsp3) is 1.00. The summed E-state index contributed by atoms with van der Waals surface area (Å²) in [6.07, 6.45) is -3.09. The van der Waals surface area contributed by atoms with Gasteiger partial charge in [-0.2, -0.15) is 4.39 Å². The van der Waals surface area contributed by atoms with E-state index in [9.17, 15) is 13.2 Å². The Hall–Kier alpha value is 0.480. The molecule has 8 heavy (non-hydrogen) atoms. The van der Waals surface area contributed by atoms with Crippen LogP contribution in [0.2, 0.25) is 0 Å². The van der Waals surface area contributed by atoms with Gasteiger partial charge in [0.1, 0.15) is 0 Å². The normalized spacial score (nSPS) is 18.8. The Morgan fingerprint density at radius 3 is 2.00 bits per heavy atom. The molecular weight excluding hydrogens is 236 g/mol. The van der Waals surface area contributed by atoms with Gasteiger partial charge in [0.15, 0.2) is 0 Å². The minimum absolute atomic E-state index is 0.887. The average molecular weight is 240 g/mol. The van der Waals surface area contributed by atoms with Crippen molar-refractivity contribution < 1.29 is 17.9 Å². The first-order valence-corrected chi connectivity index (χ1v) is 2.79. The summed E-state index contributed by atoms with van der Waals surface area (Å²) in [5.41, 5.74) is 0. The molecule has 1 atom stereocenters. The van der Waals surface area contributed by atoms with Gasteiger partial charge in [0, 0.05) is 7.11 Å². The van der Waals surface area contributed by atoms with Crippen molar-refractivity contribution in [3.8, 4) is 0 Å². The highest BCUT2D eigenvalue weighted by molar-refractivity contribution is 14.1. The third-order valence-electron chi connectivity index (χ3n) is 0.526. The van der Waals surface area contributed by atoms with Gasteiger partial charge < -0.3 is 4.74 Å². The molecule has 0 rings (SSSR count). The molecular formula is C3H4F3IO. The van der Waals surface area contributed by atoms with Crippen LogP contribution in [-0.4, -0.2) is 17.4 Å². The van der Waals surface area contributed by atoms with E-state index >= 15 is 0 Å². The minimum atomic E-state index is -3.09. The maximum Gasteiger partial charge on any atom is 0.321 e. The maximum atomic E-state index is 12.0. The van der Waals surface area contributed by atoms with E-state index in [2.05, 4.69) is 4.74 Å². The summed E-state index contributed by atoms with van der Waals surface area (Å²) in [5, 5.41) is 0. The zero-order valence-electron chi connectivity index (χ0n) is 4.00. The van der Waals surface area contributed by atoms with Crippen molar-refractivity contribution in [3.63, 3.8) is 0 Å². The number of methoxy groups -OCH3 is 1. The lowest BCUT2D eigenvalue weighted by atomic mass is 10.7. The molecule has 0 bridgehead atoms. The summed E-state index contributed by atoms with van der Waals surface area (Å²) in [5.74, 6) is 0. The van der Waals surface area contributed by atoms with Crippen molar-refractivity contribution >= 4 is 22.6 Å². The molecule has 0 aliphatic rings. The van der Waals surface area contributed by atoms with Crippen LogP contribution in [0.15, 0.2) is 0 Å². The minimum Gasteiger partial charge on any atom is -0.337 e. The third-order valence-corrected chi connectivity index (χ3v) is 1.44. The van der Waals surface area contributed by atoms with E-state index in [-0.39, 0.29) is 0 Å². The predicted molar refractivity (Wildman–Crippen MR) is 30.9 cm³/mol. The number of halogens is 4. The molecule has 5 heteroatoms. The molecule has 0 radical (unpaired) electrons. The second-order valence-electron chi connectivity index (χ2n) is 1.07. The molecule has 0 aromatic rings. The molecule has 0 saturated carbocycles. The fourth-order valence-corrected chi connectivity index (χ4v) is 0.0891. The van der Waals surface area contributed by atoms with E-state index in [0.29, 0.717) is 0 Å². The van der Waals surface area contributed by atoms with Gasteiger partial charge in [-0.15, -0.1) is 0 Å². The Morgan fingerprint density at radius 1 is 1.62 bits per heavy atom. The zero-order chi connectivity index (χ0) is 6.78. The first-order chi connectivity index (χ1) is 3.50. The lowest BCUT2D eigenvalue weighted by Crippen LogP contribution is -2.25. The molecule has 0 spiro atoms. The summed E-state index contributed by atoms with van der Waals surface area (Å²) >= 11 is 0.891. The van der Waals surface area contributed by atoms with E-state index in [1.165, 1.54) is 0 Å². The average Bonchev–Trinajstić information content (AvgIpc) is 1.67. The van der Waals surface area contributed by atoms with Gasteiger partial charge in [-0.1, -0.05) is 0 Å². The van der Waals surface area contributed by atoms with Crippen LogP contribution in [0.1, 0.15) is 0 Å². The Balaban J connectivity index is 3.71. The number of hydrogen-bond donors (Lipinski definition) is 0. The van der Waals surface area contributed by atoms with Gasteiger partial charge in [0.05, 0.1) is 0 Å². The lowest BCUT2D eigenvalue weighted by molar-refractivity contribution is -0.123. The largest absolute Gasteiger partial charge is 0.337 e. The number of alkyl halides is 4. The first kappa shape index (κ1) is 8.48. The summed E-state index contributed by atoms with van der Waals surface area (Å²) < 4.78 is 35.5. The summed E-state index contributed by atoms with van der Waals surface area (Å²) in [7, 11) is 0.887. The van der Waals surface area contributed by atoms with Crippen molar-refractivity contribution in [2.24, 2.45) is 0 Å². The molecule has 0 aliphatic heterocycles. The second-order valence-corrected chi connectivity index (χ2v) is 2.54. The molecule has 0 N–H and O–H groups in total. The molecule has 0 aromatic heterocycles. The smallest absolute Gasteiger partial charge is 0.321 e. The molecule has 0 aromatic carbocycles. The Morgan fingerprint density at radius 2 is 2.00 bits per heavy atom. The first-order valence-electron chi connectivity index (χ1n) is 1.72. The molecule has 0 fully saturated rings. The molecule has 1 unspecified atom stereocenters. The molecule has 1 nitrogen and oxygen atoms in total.